The highest BCUT2D eigenvalue weighted by Crippen LogP contribution is 2.40. The van der Waals surface area contributed by atoms with E-state index in [1.54, 1.807) is 10.0 Å². The van der Waals surface area contributed by atoms with Gasteiger partial charge in [-0.1, -0.05) is 0 Å². The first kappa shape index (κ1) is 11.5. The van der Waals surface area contributed by atoms with Crippen LogP contribution in [0.25, 0.3) is 0 Å². The summed E-state index contributed by atoms with van der Waals surface area (Å²) in [4.78, 5) is 0. The fraction of sp³-hybridized carbons (Fsp3) is 1.00. The number of hydrogen-bond acceptors (Lipinski definition) is 2. The van der Waals surface area contributed by atoms with Crippen LogP contribution in [0.4, 0.5) is 13.2 Å². The van der Waals surface area contributed by atoms with Crippen LogP contribution >= 0.6 is 22.9 Å². The fourth-order valence-corrected chi connectivity index (χ4v) is 1.90. The molecule has 2 nitrogen and oxygen atoms in total. The molecule has 0 aliphatic carbocycles. The van der Waals surface area contributed by atoms with Crippen LogP contribution in [-0.2, 0) is 0 Å². The minimum Gasteiger partial charge on any atom is -0.380 e. The van der Waals surface area contributed by atoms with Crippen LogP contribution < -0.4 is 0 Å². The first-order valence-electron chi connectivity index (χ1n) is 3.98. The van der Waals surface area contributed by atoms with Gasteiger partial charge in [0, 0.05) is 41.9 Å². The third-order valence-electron chi connectivity index (χ3n) is 2.38. The van der Waals surface area contributed by atoms with Crippen molar-refractivity contribution in [2.75, 3.05) is 6.54 Å². The molecule has 1 aliphatic rings. The summed E-state index contributed by atoms with van der Waals surface area (Å²) < 4.78 is 38.9. The van der Waals surface area contributed by atoms with Gasteiger partial charge in [-0.2, -0.15) is 13.2 Å². The summed E-state index contributed by atoms with van der Waals surface area (Å²) in [6.07, 6.45) is -4.97. The number of nitrogens with zero attached hydrogens (tertiary/aromatic N) is 1. The molecule has 1 fully saturated rings. The Morgan fingerprint density at radius 3 is 2.46 bits per heavy atom. The normalized spacial score (nSPS) is 37.8. The standard InChI is InChI=1S/C7H11F3INO/c1-5-4-6(13,7(8,9)10)2-3-12(5)11/h5,13H,2-4H2,1H3. The molecule has 0 aromatic carbocycles. The molecular weight excluding hydrogens is 298 g/mol. The SMILES string of the molecule is CC1CC(O)(C(F)(F)F)CCN1I. The second-order valence-electron chi connectivity index (χ2n) is 3.46. The molecular formula is C7H11F3INO. The van der Waals surface area contributed by atoms with Gasteiger partial charge in [-0.05, 0) is 13.3 Å². The molecule has 0 amide bonds. The molecule has 2 atom stereocenters. The first-order valence-corrected chi connectivity index (χ1v) is 4.94. The van der Waals surface area contributed by atoms with Crippen molar-refractivity contribution >= 4 is 22.9 Å². The van der Waals surface area contributed by atoms with E-state index in [4.69, 9.17) is 0 Å². The zero-order valence-corrected chi connectivity index (χ0v) is 9.26. The van der Waals surface area contributed by atoms with Crippen LogP contribution in [0.5, 0.6) is 0 Å². The molecule has 0 aromatic rings. The molecule has 1 aliphatic heterocycles. The summed E-state index contributed by atoms with van der Waals surface area (Å²) in [7, 11) is 0. The van der Waals surface area contributed by atoms with Gasteiger partial charge in [0.1, 0.15) is 0 Å². The minimum atomic E-state index is -4.50. The molecule has 0 saturated carbocycles. The Balaban J connectivity index is 2.73. The van der Waals surface area contributed by atoms with Crippen molar-refractivity contribution in [1.29, 1.82) is 0 Å². The lowest BCUT2D eigenvalue weighted by Crippen LogP contribution is -2.54. The number of hydrogen-bond donors (Lipinski definition) is 1. The topological polar surface area (TPSA) is 23.5 Å². The maximum absolute atomic E-state index is 12.4. The van der Waals surface area contributed by atoms with Crippen LogP contribution in [0.2, 0.25) is 0 Å². The van der Waals surface area contributed by atoms with Crippen LogP contribution in [0.1, 0.15) is 19.8 Å². The van der Waals surface area contributed by atoms with Crippen molar-refractivity contribution in [3.8, 4) is 0 Å². The van der Waals surface area contributed by atoms with Gasteiger partial charge in [0.25, 0.3) is 0 Å². The van der Waals surface area contributed by atoms with Gasteiger partial charge in [-0.3, -0.25) is 0 Å². The van der Waals surface area contributed by atoms with E-state index < -0.39 is 11.8 Å². The van der Waals surface area contributed by atoms with E-state index in [1.165, 1.54) is 0 Å². The highest BCUT2D eigenvalue weighted by atomic mass is 127. The first-order chi connectivity index (χ1) is 5.76. The molecule has 1 rings (SSSR count). The Kier molecular flexibility index (Phi) is 3.14. The van der Waals surface area contributed by atoms with Crippen LogP contribution in [0.3, 0.4) is 0 Å². The molecule has 2 unspecified atom stereocenters. The predicted octanol–water partition coefficient (Wildman–Crippen LogP) is 2.11. The third-order valence-corrected chi connectivity index (χ3v) is 3.81. The lowest BCUT2D eigenvalue weighted by molar-refractivity contribution is -0.273. The molecule has 0 aromatic heterocycles. The second-order valence-corrected chi connectivity index (χ2v) is 4.70. The van der Waals surface area contributed by atoms with E-state index >= 15 is 0 Å². The molecule has 1 heterocycles. The third kappa shape index (κ3) is 2.27. The summed E-state index contributed by atoms with van der Waals surface area (Å²) in [6, 6.07) is -0.235. The predicted molar refractivity (Wildman–Crippen MR) is 50.4 cm³/mol. The Labute approximate surface area is 88.6 Å². The zero-order valence-electron chi connectivity index (χ0n) is 7.10. The summed E-state index contributed by atoms with van der Waals surface area (Å²) >= 11 is 1.98. The van der Waals surface area contributed by atoms with Crippen molar-refractivity contribution in [3.63, 3.8) is 0 Å². The number of halogens is 4. The lowest BCUT2D eigenvalue weighted by atomic mass is 9.88. The van der Waals surface area contributed by atoms with E-state index in [9.17, 15) is 18.3 Å². The van der Waals surface area contributed by atoms with E-state index in [2.05, 4.69) is 0 Å². The van der Waals surface area contributed by atoms with Crippen molar-refractivity contribution in [2.45, 2.75) is 37.6 Å². The highest BCUT2D eigenvalue weighted by Gasteiger charge is 2.55. The van der Waals surface area contributed by atoms with E-state index in [-0.39, 0.29) is 25.4 Å². The van der Waals surface area contributed by atoms with E-state index in [0.29, 0.717) is 0 Å². The van der Waals surface area contributed by atoms with Gasteiger partial charge in [-0.15, -0.1) is 0 Å². The van der Waals surface area contributed by atoms with Crippen molar-refractivity contribution in [2.24, 2.45) is 0 Å². The van der Waals surface area contributed by atoms with Crippen LogP contribution in [-0.4, -0.2) is 32.6 Å². The highest BCUT2D eigenvalue weighted by molar-refractivity contribution is 14.1. The molecule has 1 saturated heterocycles. The Hall–Kier alpha value is 0.440. The second kappa shape index (κ2) is 3.54. The van der Waals surface area contributed by atoms with Crippen molar-refractivity contribution in [3.05, 3.63) is 0 Å². The monoisotopic (exact) mass is 309 g/mol. The molecule has 0 bridgehead atoms. The molecule has 0 spiro atoms. The van der Waals surface area contributed by atoms with Gasteiger partial charge in [0.05, 0.1) is 0 Å². The molecule has 0 radical (unpaired) electrons. The quantitative estimate of drug-likeness (QED) is 0.547. The zero-order chi connectivity index (χ0) is 10.3. The summed E-state index contributed by atoms with van der Waals surface area (Å²) in [5.41, 5.74) is -2.48. The van der Waals surface area contributed by atoms with Gasteiger partial charge in [0.15, 0.2) is 5.60 Å². The van der Waals surface area contributed by atoms with Crippen molar-refractivity contribution < 1.29 is 18.3 Å². The maximum Gasteiger partial charge on any atom is 0.417 e. The van der Waals surface area contributed by atoms with E-state index in [1.807, 2.05) is 22.9 Å². The van der Waals surface area contributed by atoms with Crippen molar-refractivity contribution in [1.82, 2.24) is 3.11 Å². The van der Waals surface area contributed by atoms with Gasteiger partial charge < -0.3 is 5.11 Å². The van der Waals surface area contributed by atoms with Gasteiger partial charge in [-0.25, -0.2) is 3.11 Å². The molecule has 78 valence electrons. The number of aliphatic hydroxyl groups is 1. The van der Waals surface area contributed by atoms with Crippen LogP contribution in [0, 0.1) is 0 Å². The van der Waals surface area contributed by atoms with Gasteiger partial charge >= 0.3 is 6.18 Å². The molecule has 13 heavy (non-hydrogen) atoms. The Morgan fingerprint density at radius 1 is 1.54 bits per heavy atom. The smallest absolute Gasteiger partial charge is 0.380 e. The Bertz CT molecular complexity index is 199. The summed E-state index contributed by atoms with van der Waals surface area (Å²) in [5.74, 6) is 0. The fourth-order valence-electron chi connectivity index (χ4n) is 1.46. The average molecular weight is 309 g/mol. The number of piperidine rings is 1. The lowest BCUT2D eigenvalue weighted by Gasteiger charge is -2.40. The number of rotatable bonds is 0. The molecule has 1 N–H and O–H groups in total. The summed E-state index contributed by atoms with van der Waals surface area (Å²) in [6.45, 7) is 1.96. The number of alkyl halides is 3. The Morgan fingerprint density at radius 2 is 2.08 bits per heavy atom. The van der Waals surface area contributed by atoms with Crippen LogP contribution in [0.15, 0.2) is 0 Å². The maximum atomic E-state index is 12.4. The van der Waals surface area contributed by atoms with Gasteiger partial charge in [0.2, 0.25) is 0 Å². The summed E-state index contributed by atoms with van der Waals surface area (Å²) in [5, 5.41) is 9.34. The largest absolute Gasteiger partial charge is 0.417 e. The minimum absolute atomic E-state index is 0.232. The average Bonchev–Trinajstić information content (AvgIpc) is 1.95. The molecule has 6 heteroatoms. The van der Waals surface area contributed by atoms with E-state index in [0.717, 1.165) is 0 Å².